The average Bonchev–Trinajstić information content (AvgIpc) is 2.78. The van der Waals surface area contributed by atoms with Crippen molar-refractivity contribution in [2.75, 3.05) is 12.4 Å². The zero-order valence-electron chi connectivity index (χ0n) is 17.5. The van der Waals surface area contributed by atoms with E-state index in [0.717, 1.165) is 34.4 Å². The predicted molar refractivity (Wildman–Crippen MR) is 118 cm³/mol. The summed E-state index contributed by atoms with van der Waals surface area (Å²) >= 11 is 0. The maximum absolute atomic E-state index is 12.5. The van der Waals surface area contributed by atoms with Gasteiger partial charge in [-0.05, 0) is 60.0 Å². The van der Waals surface area contributed by atoms with Crippen LogP contribution in [-0.4, -0.2) is 18.9 Å². The Morgan fingerprint density at radius 3 is 2.61 bits per heavy atom. The summed E-state index contributed by atoms with van der Waals surface area (Å²) in [6, 6.07) is 20.7. The van der Waals surface area contributed by atoms with Crippen molar-refractivity contribution in [3.63, 3.8) is 0 Å². The molecule has 3 aromatic carbocycles. The highest BCUT2D eigenvalue weighted by atomic mass is 16.5. The molecule has 158 valence electrons. The van der Waals surface area contributed by atoms with Crippen molar-refractivity contribution in [1.82, 2.24) is 5.32 Å². The molecule has 0 saturated carbocycles. The van der Waals surface area contributed by atoms with E-state index in [-0.39, 0.29) is 17.9 Å². The number of fused-ring (bicyclic) bond motifs is 1. The number of amides is 2. The van der Waals surface area contributed by atoms with Gasteiger partial charge >= 0.3 is 0 Å². The largest absolute Gasteiger partial charge is 0.496 e. The van der Waals surface area contributed by atoms with Crippen molar-refractivity contribution in [3.05, 3.63) is 89.0 Å². The fourth-order valence-corrected chi connectivity index (χ4v) is 3.75. The summed E-state index contributed by atoms with van der Waals surface area (Å²) in [5.41, 5.74) is 4.39. The van der Waals surface area contributed by atoms with Gasteiger partial charge in [-0.15, -0.1) is 0 Å². The number of benzene rings is 3. The Kier molecular flexibility index (Phi) is 5.89. The summed E-state index contributed by atoms with van der Waals surface area (Å²) in [5.74, 6) is 1.23. The van der Waals surface area contributed by atoms with Crippen LogP contribution < -0.4 is 20.1 Å². The molecule has 6 heteroatoms. The molecule has 2 amide bonds. The van der Waals surface area contributed by atoms with Crippen LogP contribution in [0.5, 0.6) is 11.5 Å². The monoisotopic (exact) mass is 416 g/mol. The molecular weight excluding hydrogens is 392 g/mol. The first-order valence-corrected chi connectivity index (χ1v) is 10.1. The Hall–Kier alpha value is -3.80. The summed E-state index contributed by atoms with van der Waals surface area (Å²) in [6.07, 6.45) is 0.735. The molecule has 4 rings (SSSR count). The van der Waals surface area contributed by atoms with Gasteiger partial charge in [0, 0.05) is 23.7 Å². The average molecular weight is 416 g/mol. The van der Waals surface area contributed by atoms with E-state index in [2.05, 4.69) is 10.6 Å². The summed E-state index contributed by atoms with van der Waals surface area (Å²) in [5, 5.41) is 5.82. The molecule has 1 atom stereocenters. The number of hydrogen-bond donors (Lipinski definition) is 2. The molecule has 1 aliphatic rings. The molecule has 3 aromatic rings. The molecule has 0 fully saturated rings. The van der Waals surface area contributed by atoms with Crippen molar-refractivity contribution in [1.29, 1.82) is 0 Å². The van der Waals surface area contributed by atoms with Gasteiger partial charge in [0.2, 0.25) is 5.91 Å². The Labute approximate surface area is 181 Å². The number of carbonyl (C=O) groups is 2. The van der Waals surface area contributed by atoms with Crippen LogP contribution in [0.3, 0.4) is 0 Å². The van der Waals surface area contributed by atoms with E-state index < -0.39 is 0 Å². The Balaban J connectivity index is 1.50. The number of hydrogen-bond acceptors (Lipinski definition) is 4. The van der Waals surface area contributed by atoms with Gasteiger partial charge in [-0.25, -0.2) is 0 Å². The minimum atomic E-state index is -0.118. The van der Waals surface area contributed by atoms with E-state index in [4.69, 9.17) is 9.47 Å². The second-order valence-corrected chi connectivity index (χ2v) is 7.45. The van der Waals surface area contributed by atoms with Crippen molar-refractivity contribution in [3.8, 4) is 11.5 Å². The molecule has 0 bridgehead atoms. The lowest BCUT2D eigenvalue weighted by molar-refractivity contribution is -0.114. The molecular formula is C25H24N2O4. The molecule has 0 radical (unpaired) electrons. The van der Waals surface area contributed by atoms with E-state index in [0.29, 0.717) is 18.0 Å². The zero-order chi connectivity index (χ0) is 21.8. The maximum atomic E-state index is 12.5. The van der Waals surface area contributed by atoms with Gasteiger partial charge in [-0.3, -0.25) is 9.59 Å². The second-order valence-electron chi connectivity index (χ2n) is 7.45. The first-order valence-electron chi connectivity index (χ1n) is 10.1. The quantitative estimate of drug-likeness (QED) is 0.630. The Morgan fingerprint density at radius 1 is 1.10 bits per heavy atom. The van der Waals surface area contributed by atoms with Crippen LogP contribution in [0.25, 0.3) is 0 Å². The van der Waals surface area contributed by atoms with E-state index >= 15 is 0 Å². The van der Waals surface area contributed by atoms with Crippen molar-refractivity contribution < 1.29 is 19.1 Å². The Bertz CT molecular complexity index is 1110. The van der Waals surface area contributed by atoms with Crippen LogP contribution in [0, 0.1) is 0 Å². The minimum absolute atomic E-state index is 0.0558. The predicted octanol–water partition coefficient (Wildman–Crippen LogP) is 4.26. The van der Waals surface area contributed by atoms with E-state index in [9.17, 15) is 9.59 Å². The maximum Gasteiger partial charge on any atom is 0.252 e. The van der Waals surface area contributed by atoms with Gasteiger partial charge in [-0.2, -0.15) is 0 Å². The molecule has 6 nitrogen and oxygen atoms in total. The summed E-state index contributed by atoms with van der Waals surface area (Å²) < 4.78 is 11.4. The van der Waals surface area contributed by atoms with Gasteiger partial charge in [0.1, 0.15) is 18.1 Å². The number of carbonyl (C=O) groups excluding carboxylic acids is 2. The lowest BCUT2D eigenvalue weighted by Gasteiger charge is -2.26. The van der Waals surface area contributed by atoms with Crippen LogP contribution in [0.4, 0.5) is 5.69 Å². The van der Waals surface area contributed by atoms with Crippen LogP contribution >= 0.6 is 0 Å². The fourth-order valence-electron chi connectivity index (χ4n) is 3.75. The molecule has 31 heavy (non-hydrogen) atoms. The van der Waals surface area contributed by atoms with Gasteiger partial charge in [0.25, 0.3) is 5.91 Å². The molecule has 2 N–H and O–H groups in total. The second kappa shape index (κ2) is 8.92. The van der Waals surface area contributed by atoms with Crippen LogP contribution in [0.1, 0.15) is 40.0 Å². The van der Waals surface area contributed by atoms with Gasteiger partial charge < -0.3 is 20.1 Å². The van der Waals surface area contributed by atoms with Crippen LogP contribution in [-0.2, 0) is 17.8 Å². The number of rotatable bonds is 6. The van der Waals surface area contributed by atoms with Crippen molar-refractivity contribution in [2.24, 2.45) is 0 Å². The van der Waals surface area contributed by atoms with Crippen molar-refractivity contribution in [2.45, 2.75) is 26.0 Å². The molecule has 0 aliphatic carbocycles. The molecule has 1 aliphatic heterocycles. The third-order valence-corrected chi connectivity index (χ3v) is 5.27. The Morgan fingerprint density at radius 2 is 1.87 bits per heavy atom. The molecule has 1 heterocycles. The summed E-state index contributed by atoms with van der Waals surface area (Å²) in [6.45, 7) is 1.78. The highest BCUT2D eigenvalue weighted by molar-refractivity contribution is 5.97. The first kappa shape index (κ1) is 20.5. The number of anilines is 1. The van der Waals surface area contributed by atoms with Gasteiger partial charge in [-0.1, -0.05) is 24.3 Å². The third-order valence-electron chi connectivity index (χ3n) is 5.27. The van der Waals surface area contributed by atoms with Crippen molar-refractivity contribution >= 4 is 17.5 Å². The standard InChI is InChI=1S/C25H24N2O4/c1-16(28)26-20-8-10-21(11-9-20)31-15-19-13-18(7-12-24(19)30-2)23-14-17-5-3-4-6-22(17)25(29)27-23/h3-13,23H,14-15H2,1-2H3,(H,26,28)(H,27,29). The van der Waals surface area contributed by atoms with Gasteiger partial charge in [0.05, 0.1) is 13.2 Å². The molecule has 0 saturated heterocycles. The normalized spacial score (nSPS) is 14.9. The molecule has 0 aromatic heterocycles. The summed E-state index contributed by atoms with van der Waals surface area (Å²) in [4.78, 5) is 23.6. The van der Waals surface area contributed by atoms with E-state index in [1.54, 1.807) is 31.4 Å². The van der Waals surface area contributed by atoms with Gasteiger partial charge in [0.15, 0.2) is 0 Å². The summed E-state index contributed by atoms with van der Waals surface area (Å²) in [7, 11) is 1.62. The van der Waals surface area contributed by atoms with Crippen LogP contribution in [0.2, 0.25) is 0 Å². The third kappa shape index (κ3) is 4.69. The highest BCUT2D eigenvalue weighted by Crippen LogP contribution is 2.30. The number of methoxy groups -OCH3 is 1. The lowest BCUT2D eigenvalue weighted by atomic mass is 9.90. The number of ether oxygens (including phenoxy) is 2. The minimum Gasteiger partial charge on any atom is -0.496 e. The molecule has 1 unspecified atom stereocenters. The highest BCUT2D eigenvalue weighted by Gasteiger charge is 2.25. The molecule has 0 spiro atoms. The zero-order valence-corrected chi connectivity index (χ0v) is 17.5. The smallest absolute Gasteiger partial charge is 0.252 e. The topological polar surface area (TPSA) is 76.7 Å². The SMILES string of the molecule is COc1ccc(C2Cc3ccccc3C(=O)N2)cc1COc1ccc(NC(C)=O)cc1. The number of nitrogens with one attached hydrogen (secondary N) is 2. The fraction of sp³-hybridized carbons (Fsp3) is 0.200. The van der Waals surface area contributed by atoms with E-state index in [1.807, 2.05) is 42.5 Å². The van der Waals surface area contributed by atoms with E-state index in [1.165, 1.54) is 6.92 Å². The first-order chi connectivity index (χ1) is 15.0. The lowest BCUT2D eigenvalue weighted by Crippen LogP contribution is -2.35. The van der Waals surface area contributed by atoms with Crippen LogP contribution in [0.15, 0.2) is 66.7 Å².